The van der Waals surface area contributed by atoms with Gasteiger partial charge >= 0.3 is 5.97 Å². The van der Waals surface area contributed by atoms with E-state index in [1.54, 1.807) is 0 Å². The Morgan fingerprint density at radius 1 is 1.47 bits per heavy atom. The van der Waals surface area contributed by atoms with E-state index < -0.39 is 11.4 Å². The highest BCUT2D eigenvalue weighted by molar-refractivity contribution is 5.87. The summed E-state index contributed by atoms with van der Waals surface area (Å²) < 4.78 is 5.11. The molecule has 0 aliphatic carbocycles. The van der Waals surface area contributed by atoms with E-state index in [9.17, 15) is 9.59 Å². The maximum absolute atomic E-state index is 11.1. The standard InChI is InChI=1S/C10H15NO4/c1-2-8(12)11-7-10(9(13)14)3-5-15-6-4-10/h2H,1,3-7H2,(H,11,12)(H,13,14). The van der Waals surface area contributed by atoms with Gasteiger partial charge < -0.3 is 15.2 Å². The number of amides is 1. The first kappa shape index (κ1) is 11.7. The van der Waals surface area contributed by atoms with Gasteiger partial charge in [-0.15, -0.1) is 0 Å². The first-order valence-electron chi connectivity index (χ1n) is 4.82. The Morgan fingerprint density at radius 2 is 2.07 bits per heavy atom. The second kappa shape index (κ2) is 4.93. The maximum atomic E-state index is 11.1. The van der Waals surface area contributed by atoms with Crippen LogP contribution in [0.4, 0.5) is 0 Å². The zero-order valence-electron chi connectivity index (χ0n) is 8.49. The number of aliphatic carboxylic acids is 1. The number of nitrogens with one attached hydrogen (secondary N) is 1. The molecule has 1 fully saturated rings. The van der Waals surface area contributed by atoms with Gasteiger partial charge in [0, 0.05) is 19.8 Å². The molecule has 0 spiro atoms. The van der Waals surface area contributed by atoms with Gasteiger partial charge in [-0.05, 0) is 18.9 Å². The lowest BCUT2D eigenvalue weighted by molar-refractivity contribution is -0.154. The highest BCUT2D eigenvalue weighted by atomic mass is 16.5. The number of hydrogen-bond acceptors (Lipinski definition) is 3. The Balaban J connectivity index is 2.60. The Hall–Kier alpha value is -1.36. The van der Waals surface area contributed by atoms with Crippen LogP contribution < -0.4 is 5.32 Å². The number of carboxylic acids is 1. The molecule has 0 saturated carbocycles. The molecule has 1 heterocycles. The molecule has 0 aromatic heterocycles. The third kappa shape index (κ3) is 2.79. The molecule has 5 heteroatoms. The van der Waals surface area contributed by atoms with E-state index in [0.717, 1.165) is 6.08 Å². The number of ether oxygens (including phenoxy) is 1. The summed E-state index contributed by atoms with van der Waals surface area (Å²) in [5.41, 5.74) is -0.878. The zero-order chi connectivity index (χ0) is 11.3. The Labute approximate surface area is 88.1 Å². The van der Waals surface area contributed by atoms with Crippen LogP contribution in [0.2, 0.25) is 0 Å². The van der Waals surface area contributed by atoms with E-state index in [0.29, 0.717) is 26.1 Å². The number of hydrogen-bond donors (Lipinski definition) is 2. The number of carbonyl (C=O) groups excluding carboxylic acids is 1. The lowest BCUT2D eigenvalue weighted by Crippen LogP contribution is -2.46. The topological polar surface area (TPSA) is 75.6 Å². The number of rotatable bonds is 4. The van der Waals surface area contributed by atoms with Crippen molar-refractivity contribution in [3.05, 3.63) is 12.7 Å². The SMILES string of the molecule is C=CC(=O)NCC1(C(=O)O)CCOCC1. The molecule has 1 aliphatic heterocycles. The van der Waals surface area contributed by atoms with Gasteiger partial charge in [0.2, 0.25) is 5.91 Å². The molecule has 0 unspecified atom stereocenters. The van der Waals surface area contributed by atoms with Crippen LogP contribution in [-0.4, -0.2) is 36.7 Å². The Kier molecular flexibility index (Phi) is 3.85. The van der Waals surface area contributed by atoms with E-state index in [-0.39, 0.29) is 12.5 Å². The van der Waals surface area contributed by atoms with Crippen molar-refractivity contribution in [1.29, 1.82) is 0 Å². The lowest BCUT2D eigenvalue weighted by Gasteiger charge is -2.32. The van der Waals surface area contributed by atoms with Crippen molar-refractivity contribution in [3.8, 4) is 0 Å². The summed E-state index contributed by atoms with van der Waals surface area (Å²) >= 11 is 0. The normalized spacial score (nSPS) is 19.2. The van der Waals surface area contributed by atoms with Crippen LogP contribution in [0.3, 0.4) is 0 Å². The monoisotopic (exact) mass is 213 g/mol. The second-order valence-corrected chi connectivity index (χ2v) is 3.62. The highest BCUT2D eigenvalue weighted by Gasteiger charge is 2.40. The molecule has 84 valence electrons. The molecule has 1 aliphatic rings. The largest absolute Gasteiger partial charge is 0.481 e. The third-order valence-electron chi connectivity index (χ3n) is 2.69. The van der Waals surface area contributed by atoms with Crippen LogP contribution in [0, 0.1) is 5.41 Å². The van der Waals surface area contributed by atoms with E-state index in [1.165, 1.54) is 0 Å². The molecule has 15 heavy (non-hydrogen) atoms. The van der Waals surface area contributed by atoms with Crippen LogP contribution >= 0.6 is 0 Å². The van der Waals surface area contributed by atoms with Crippen LogP contribution in [-0.2, 0) is 14.3 Å². The Morgan fingerprint density at radius 3 is 2.53 bits per heavy atom. The highest BCUT2D eigenvalue weighted by Crippen LogP contribution is 2.29. The fourth-order valence-electron chi connectivity index (χ4n) is 1.56. The van der Waals surface area contributed by atoms with E-state index >= 15 is 0 Å². The second-order valence-electron chi connectivity index (χ2n) is 3.62. The van der Waals surface area contributed by atoms with E-state index in [4.69, 9.17) is 9.84 Å². The molecule has 0 aromatic carbocycles. The van der Waals surface area contributed by atoms with Gasteiger partial charge in [0.25, 0.3) is 0 Å². The Bertz CT molecular complexity index is 269. The summed E-state index contributed by atoms with van der Waals surface area (Å²) in [7, 11) is 0. The van der Waals surface area contributed by atoms with Gasteiger partial charge in [0.05, 0.1) is 5.41 Å². The summed E-state index contributed by atoms with van der Waals surface area (Å²) in [4.78, 5) is 22.1. The molecule has 1 saturated heterocycles. The average molecular weight is 213 g/mol. The molecule has 0 aromatic rings. The predicted octanol–water partition coefficient (Wildman–Crippen LogP) is 0.170. The summed E-state index contributed by atoms with van der Waals surface area (Å²) in [5.74, 6) is -1.22. The smallest absolute Gasteiger partial charge is 0.311 e. The average Bonchev–Trinajstić information content (AvgIpc) is 2.27. The third-order valence-corrected chi connectivity index (χ3v) is 2.69. The molecule has 1 rings (SSSR count). The van der Waals surface area contributed by atoms with Gasteiger partial charge in [-0.2, -0.15) is 0 Å². The molecule has 0 bridgehead atoms. The first-order valence-corrected chi connectivity index (χ1v) is 4.82. The van der Waals surface area contributed by atoms with Gasteiger partial charge in [-0.3, -0.25) is 9.59 Å². The molecular weight excluding hydrogens is 198 g/mol. The molecule has 1 amide bonds. The first-order chi connectivity index (χ1) is 7.10. The molecule has 2 N–H and O–H groups in total. The van der Waals surface area contributed by atoms with Gasteiger partial charge in [0.1, 0.15) is 0 Å². The number of carbonyl (C=O) groups is 2. The molecule has 0 radical (unpaired) electrons. The minimum atomic E-state index is -0.879. The molecular formula is C10H15NO4. The molecule has 5 nitrogen and oxygen atoms in total. The van der Waals surface area contributed by atoms with Crippen molar-refractivity contribution >= 4 is 11.9 Å². The predicted molar refractivity (Wildman–Crippen MR) is 53.3 cm³/mol. The van der Waals surface area contributed by atoms with Crippen LogP contribution in [0.1, 0.15) is 12.8 Å². The van der Waals surface area contributed by atoms with Crippen molar-refractivity contribution in [2.45, 2.75) is 12.8 Å². The van der Waals surface area contributed by atoms with Gasteiger partial charge in [-0.25, -0.2) is 0 Å². The number of carboxylic acid groups (broad SMARTS) is 1. The zero-order valence-corrected chi connectivity index (χ0v) is 8.49. The van der Waals surface area contributed by atoms with Crippen LogP contribution in [0.5, 0.6) is 0 Å². The summed E-state index contributed by atoms with van der Waals surface area (Å²) in [6, 6.07) is 0. The fourth-order valence-corrected chi connectivity index (χ4v) is 1.56. The fraction of sp³-hybridized carbons (Fsp3) is 0.600. The van der Waals surface area contributed by atoms with Gasteiger partial charge in [-0.1, -0.05) is 6.58 Å². The van der Waals surface area contributed by atoms with E-state index in [2.05, 4.69) is 11.9 Å². The van der Waals surface area contributed by atoms with Crippen LogP contribution in [0.25, 0.3) is 0 Å². The minimum absolute atomic E-state index is 0.135. The molecule has 0 atom stereocenters. The summed E-state index contributed by atoms with van der Waals surface area (Å²) in [6.07, 6.45) is 1.99. The van der Waals surface area contributed by atoms with E-state index in [1.807, 2.05) is 0 Å². The van der Waals surface area contributed by atoms with Crippen molar-refractivity contribution in [2.24, 2.45) is 5.41 Å². The summed E-state index contributed by atoms with van der Waals surface area (Å²) in [6.45, 7) is 4.30. The summed E-state index contributed by atoms with van der Waals surface area (Å²) in [5, 5.41) is 11.7. The van der Waals surface area contributed by atoms with Crippen molar-refractivity contribution < 1.29 is 19.4 Å². The lowest BCUT2D eigenvalue weighted by atomic mass is 9.80. The van der Waals surface area contributed by atoms with Crippen LogP contribution in [0.15, 0.2) is 12.7 Å². The minimum Gasteiger partial charge on any atom is -0.481 e. The van der Waals surface area contributed by atoms with Gasteiger partial charge in [0.15, 0.2) is 0 Å². The van der Waals surface area contributed by atoms with Crippen molar-refractivity contribution in [3.63, 3.8) is 0 Å². The van der Waals surface area contributed by atoms with Crippen molar-refractivity contribution in [1.82, 2.24) is 5.32 Å². The maximum Gasteiger partial charge on any atom is 0.311 e. The quantitative estimate of drug-likeness (QED) is 0.653. The van der Waals surface area contributed by atoms with Crippen molar-refractivity contribution in [2.75, 3.05) is 19.8 Å².